The zero-order valence-corrected chi connectivity index (χ0v) is 11.6. The van der Waals surface area contributed by atoms with Crippen molar-refractivity contribution in [2.24, 2.45) is 0 Å². The summed E-state index contributed by atoms with van der Waals surface area (Å²) in [6.07, 6.45) is 2.68. The molecule has 100 valence electrons. The molecule has 0 atom stereocenters. The number of hydrogen-bond acceptors (Lipinski definition) is 4. The normalized spacial score (nSPS) is 19.8. The second-order valence-electron chi connectivity index (χ2n) is 5.25. The van der Waals surface area contributed by atoms with Crippen molar-refractivity contribution in [1.82, 2.24) is 0 Å². The molecule has 1 aliphatic heterocycles. The summed E-state index contributed by atoms with van der Waals surface area (Å²) in [6.45, 7) is 3.45. The van der Waals surface area contributed by atoms with Crippen LogP contribution in [0.3, 0.4) is 0 Å². The fourth-order valence-corrected chi connectivity index (χ4v) is 2.78. The predicted molar refractivity (Wildman–Crippen MR) is 71.6 cm³/mol. The molecule has 1 aromatic carbocycles. The van der Waals surface area contributed by atoms with Crippen LogP contribution in [0.5, 0.6) is 0 Å². The van der Waals surface area contributed by atoms with Crippen LogP contribution in [-0.2, 0) is 9.84 Å². The monoisotopic (exact) mass is 269 g/mol. The minimum atomic E-state index is -3.13. The largest absolute Gasteiger partial charge is 0.390 e. The summed E-state index contributed by atoms with van der Waals surface area (Å²) in [5.74, 6) is 0. The molecule has 2 rings (SSSR count). The van der Waals surface area contributed by atoms with E-state index in [1.807, 2.05) is 19.1 Å². The van der Waals surface area contributed by atoms with Crippen molar-refractivity contribution in [2.45, 2.75) is 30.3 Å². The van der Waals surface area contributed by atoms with Gasteiger partial charge in [-0.1, -0.05) is 0 Å². The van der Waals surface area contributed by atoms with Gasteiger partial charge < -0.3 is 10.0 Å². The molecule has 1 aliphatic rings. The second kappa shape index (κ2) is 4.55. The van der Waals surface area contributed by atoms with Crippen molar-refractivity contribution in [2.75, 3.05) is 24.2 Å². The maximum absolute atomic E-state index is 11.4. The lowest BCUT2D eigenvalue weighted by Gasteiger charge is -2.37. The van der Waals surface area contributed by atoms with E-state index in [0.29, 0.717) is 4.90 Å². The minimum Gasteiger partial charge on any atom is -0.390 e. The van der Waals surface area contributed by atoms with Crippen molar-refractivity contribution in [3.63, 3.8) is 0 Å². The van der Waals surface area contributed by atoms with E-state index in [0.717, 1.165) is 31.6 Å². The molecule has 1 heterocycles. The Labute approximate surface area is 108 Å². The van der Waals surface area contributed by atoms with Crippen molar-refractivity contribution in [3.05, 3.63) is 24.3 Å². The summed E-state index contributed by atoms with van der Waals surface area (Å²) in [5, 5.41) is 9.88. The van der Waals surface area contributed by atoms with Crippen LogP contribution in [0.2, 0.25) is 0 Å². The average Bonchev–Trinajstić information content (AvgIpc) is 2.28. The van der Waals surface area contributed by atoms with E-state index in [1.165, 1.54) is 6.26 Å². The maximum atomic E-state index is 11.4. The highest BCUT2D eigenvalue weighted by atomic mass is 32.2. The maximum Gasteiger partial charge on any atom is 0.175 e. The Morgan fingerprint density at radius 1 is 1.17 bits per heavy atom. The van der Waals surface area contributed by atoms with Crippen LogP contribution in [-0.4, -0.2) is 38.5 Å². The standard InChI is InChI=1S/C13H19NO3S/c1-13(15)7-9-14(10-8-13)11-3-5-12(6-4-11)18(2,16)17/h3-6,15H,7-10H2,1-2H3. The van der Waals surface area contributed by atoms with Crippen molar-refractivity contribution >= 4 is 15.5 Å². The molecule has 0 aromatic heterocycles. The lowest BCUT2D eigenvalue weighted by atomic mass is 9.93. The Hall–Kier alpha value is -1.07. The highest BCUT2D eigenvalue weighted by Gasteiger charge is 2.27. The fraction of sp³-hybridized carbons (Fsp3) is 0.538. The lowest BCUT2D eigenvalue weighted by Crippen LogP contribution is -2.42. The molecule has 0 spiro atoms. The lowest BCUT2D eigenvalue weighted by molar-refractivity contribution is 0.0351. The van der Waals surface area contributed by atoms with Gasteiger partial charge in [0, 0.05) is 25.0 Å². The Morgan fingerprint density at radius 3 is 2.11 bits per heavy atom. The zero-order valence-electron chi connectivity index (χ0n) is 10.8. The van der Waals surface area contributed by atoms with Gasteiger partial charge in [-0.3, -0.25) is 0 Å². The molecule has 0 aliphatic carbocycles. The summed E-state index contributed by atoms with van der Waals surface area (Å²) in [4.78, 5) is 2.51. The number of nitrogens with zero attached hydrogens (tertiary/aromatic N) is 1. The number of hydrogen-bond donors (Lipinski definition) is 1. The molecule has 0 bridgehead atoms. The third kappa shape index (κ3) is 3.03. The summed E-state index contributed by atoms with van der Waals surface area (Å²) in [6, 6.07) is 6.93. The van der Waals surface area contributed by atoms with Gasteiger partial charge in [0.05, 0.1) is 10.5 Å². The first-order chi connectivity index (χ1) is 8.28. The molecule has 0 unspecified atom stereocenters. The number of sulfone groups is 1. The van der Waals surface area contributed by atoms with E-state index < -0.39 is 15.4 Å². The van der Waals surface area contributed by atoms with E-state index in [9.17, 15) is 13.5 Å². The highest BCUT2D eigenvalue weighted by Crippen LogP contribution is 2.26. The first-order valence-corrected chi connectivity index (χ1v) is 7.95. The Kier molecular flexibility index (Phi) is 3.38. The smallest absolute Gasteiger partial charge is 0.175 e. The highest BCUT2D eigenvalue weighted by molar-refractivity contribution is 7.90. The second-order valence-corrected chi connectivity index (χ2v) is 7.27. The minimum absolute atomic E-state index is 0.343. The third-order valence-electron chi connectivity index (χ3n) is 3.47. The SMILES string of the molecule is CC1(O)CCN(c2ccc(S(C)(=O)=O)cc2)CC1. The number of benzene rings is 1. The Morgan fingerprint density at radius 2 is 1.67 bits per heavy atom. The molecular formula is C13H19NO3S. The van der Waals surface area contributed by atoms with Crippen LogP contribution in [0, 0.1) is 0 Å². The molecule has 5 heteroatoms. The molecule has 1 fully saturated rings. The molecule has 1 N–H and O–H groups in total. The van der Waals surface area contributed by atoms with E-state index >= 15 is 0 Å². The first kappa shape index (κ1) is 13.4. The van der Waals surface area contributed by atoms with Gasteiger partial charge in [0.2, 0.25) is 0 Å². The van der Waals surface area contributed by atoms with Crippen LogP contribution < -0.4 is 4.90 Å². The number of anilines is 1. The zero-order chi connectivity index (χ0) is 13.4. The van der Waals surface area contributed by atoms with Crippen molar-refractivity contribution < 1.29 is 13.5 Å². The van der Waals surface area contributed by atoms with Gasteiger partial charge in [-0.15, -0.1) is 0 Å². The van der Waals surface area contributed by atoms with E-state index in [2.05, 4.69) is 4.90 Å². The van der Waals surface area contributed by atoms with Gasteiger partial charge in [-0.05, 0) is 44.0 Å². The molecule has 1 aromatic rings. The summed E-state index contributed by atoms with van der Waals surface area (Å²) < 4.78 is 22.7. The van der Waals surface area contributed by atoms with Crippen LogP contribution in [0.25, 0.3) is 0 Å². The first-order valence-electron chi connectivity index (χ1n) is 6.05. The molecule has 0 radical (unpaired) electrons. The van der Waals surface area contributed by atoms with E-state index in [4.69, 9.17) is 0 Å². The predicted octanol–water partition coefficient (Wildman–Crippen LogP) is 1.44. The molecule has 4 nitrogen and oxygen atoms in total. The third-order valence-corrected chi connectivity index (χ3v) is 4.60. The van der Waals surface area contributed by atoms with Crippen molar-refractivity contribution in [3.8, 4) is 0 Å². The Balaban J connectivity index is 2.12. The molecular weight excluding hydrogens is 250 g/mol. The number of piperidine rings is 1. The van der Waals surface area contributed by atoms with Gasteiger partial charge in [0.1, 0.15) is 0 Å². The van der Waals surface area contributed by atoms with Gasteiger partial charge in [-0.2, -0.15) is 0 Å². The summed E-state index contributed by atoms with van der Waals surface area (Å²) in [7, 11) is -3.13. The van der Waals surface area contributed by atoms with Crippen LogP contribution in [0.1, 0.15) is 19.8 Å². The molecule has 1 saturated heterocycles. The Bertz CT molecular complexity index is 510. The van der Waals surface area contributed by atoms with Crippen LogP contribution in [0.4, 0.5) is 5.69 Å². The topological polar surface area (TPSA) is 57.6 Å². The fourth-order valence-electron chi connectivity index (χ4n) is 2.15. The summed E-state index contributed by atoms with van der Waals surface area (Å²) >= 11 is 0. The van der Waals surface area contributed by atoms with Crippen LogP contribution in [0.15, 0.2) is 29.2 Å². The summed E-state index contributed by atoms with van der Waals surface area (Å²) in [5.41, 5.74) is 0.446. The molecule has 18 heavy (non-hydrogen) atoms. The van der Waals surface area contributed by atoms with Gasteiger partial charge in [0.15, 0.2) is 9.84 Å². The van der Waals surface area contributed by atoms with E-state index in [1.54, 1.807) is 12.1 Å². The van der Waals surface area contributed by atoms with Gasteiger partial charge >= 0.3 is 0 Å². The molecule has 0 amide bonds. The van der Waals surface area contributed by atoms with Gasteiger partial charge in [0.25, 0.3) is 0 Å². The van der Waals surface area contributed by atoms with E-state index in [-0.39, 0.29) is 0 Å². The molecule has 0 saturated carbocycles. The van der Waals surface area contributed by atoms with Crippen LogP contribution >= 0.6 is 0 Å². The number of rotatable bonds is 2. The number of aliphatic hydroxyl groups is 1. The van der Waals surface area contributed by atoms with Gasteiger partial charge in [-0.25, -0.2) is 8.42 Å². The average molecular weight is 269 g/mol. The van der Waals surface area contributed by atoms with Crippen molar-refractivity contribution in [1.29, 1.82) is 0 Å². The quantitative estimate of drug-likeness (QED) is 0.882.